The lowest BCUT2D eigenvalue weighted by Crippen LogP contribution is -2.42. The number of allylic oxidation sites excluding steroid dienone is 11. The van der Waals surface area contributed by atoms with Gasteiger partial charge in [-0.1, -0.05) is 113 Å². The highest BCUT2D eigenvalue weighted by Gasteiger charge is 2.23. The fraction of sp³-hybridized carbons (Fsp3) is 0.519. The van der Waals surface area contributed by atoms with Crippen LogP contribution in [-0.4, -0.2) is 23.2 Å². The molecule has 0 aromatic rings. The molecule has 1 unspecified atom stereocenters. The zero-order valence-electron chi connectivity index (χ0n) is 19.4. The Balaban J connectivity index is 3.93. The van der Waals surface area contributed by atoms with E-state index in [-0.39, 0.29) is 5.91 Å². The van der Waals surface area contributed by atoms with Crippen LogP contribution in [0.1, 0.15) is 78.6 Å². The first-order valence-electron chi connectivity index (χ1n) is 11.6. The predicted octanol–water partition coefficient (Wildman–Crippen LogP) is 6.74. The lowest BCUT2D eigenvalue weighted by Gasteiger charge is -2.26. The van der Waals surface area contributed by atoms with Crippen LogP contribution in [0.4, 0.5) is 0 Å². The van der Waals surface area contributed by atoms with Crippen molar-refractivity contribution in [3.8, 4) is 0 Å². The molecule has 0 aromatic heterocycles. The molecule has 3 heteroatoms. The average Bonchev–Trinajstić information content (AvgIpc) is 2.76. The van der Waals surface area contributed by atoms with Gasteiger partial charge in [-0.15, -0.1) is 0 Å². The predicted molar refractivity (Wildman–Crippen MR) is 131 cm³/mol. The van der Waals surface area contributed by atoms with Gasteiger partial charge in [0.15, 0.2) is 0 Å². The summed E-state index contributed by atoms with van der Waals surface area (Å²) in [6, 6.07) is 0. The molecule has 30 heavy (non-hydrogen) atoms. The van der Waals surface area contributed by atoms with E-state index in [2.05, 4.69) is 49.5 Å². The van der Waals surface area contributed by atoms with E-state index in [9.17, 15) is 9.90 Å². The standard InChI is InChI=1S/C27H43NO2/c1-4-7-9-10-11-12-13-14-15-16-17-18-19-20-21-22-23-26(29)28-25-27(30,6-3)24-8-5-2/h10-17,20-23,30H,4-9,18-19,24-25H2,1-3H3,(H,28,29). The summed E-state index contributed by atoms with van der Waals surface area (Å²) in [6.45, 7) is 6.56. The van der Waals surface area contributed by atoms with Crippen molar-refractivity contribution < 1.29 is 9.90 Å². The van der Waals surface area contributed by atoms with Crippen LogP contribution >= 0.6 is 0 Å². The number of hydrogen-bond acceptors (Lipinski definition) is 2. The summed E-state index contributed by atoms with van der Waals surface area (Å²) < 4.78 is 0. The first-order valence-corrected chi connectivity index (χ1v) is 11.6. The molecule has 0 rings (SSSR count). The second-order valence-corrected chi connectivity index (χ2v) is 7.53. The molecule has 0 heterocycles. The third-order valence-corrected chi connectivity index (χ3v) is 4.79. The van der Waals surface area contributed by atoms with Crippen molar-refractivity contribution >= 4 is 5.91 Å². The summed E-state index contributed by atoms with van der Waals surface area (Å²) in [7, 11) is 0. The number of nitrogens with one attached hydrogen (secondary N) is 1. The van der Waals surface area contributed by atoms with E-state index in [0.717, 1.165) is 38.5 Å². The Morgan fingerprint density at radius 2 is 1.30 bits per heavy atom. The smallest absolute Gasteiger partial charge is 0.244 e. The van der Waals surface area contributed by atoms with Gasteiger partial charge in [0.2, 0.25) is 5.91 Å². The average molecular weight is 414 g/mol. The van der Waals surface area contributed by atoms with E-state index in [1.165, 1.54) is 18.9 Å². The zero-order chi connectivity index (χ0) is 22.3. The topological polar surface area (TPSA) is 49.3 Å². The van der Waals surface area contributed by atoms with Gasteiger partial charge in [0.05, 0.1) is 5.60 Å². The maximum atomic E-state index is 11.9. The fourth-order valence-electron chi connectivity index (χ4n) is 2.64. The lowest BCUT2D eigenvalue weighted by molar-refractivity contribution is -0.117. The second-order valence-electron chi connectivity index (χ2n) is 7.53. The molecule has 1 atom stereocenters. The van der Waals surface area contributed by atoms with Gasteiger partial charge in [0.1, 0.15) is 0 Å². The number of hydrogen-bond donors (Lipinski definition) is 2. The molecule has 0 saturated carbocycles. The quantitative estimate of drug-likeness (QED) is 0.157. The third kappa shape index (κ3) is 17.9. The largest absolute Gasteiger partial charge is 0.388 e. The minimum Gasteiger partial charge on any atom is -0.388 e. The minimum absolute atomic E-state index is 0.165. The van der Waals surface area contributed by atoms with Crippen molar-refractivity contribution in [1.29, 1.82) is 0 Å². The van der Waals surface area contributed by atoms with Gasteiger partial charge < -0.3 is 10.4 Å². The Hall–Kier alpha value is -2.13. The summed E-state index contributed by atoms with van der Waals surface area (Å²) >= 11 is 0. The van der Waals surface area contributed by atoms with Gasteiger partial charge in [0, 0.05) is 12.6 Å². The minimum atomic E-state index is -0.794. The van der Waals surface area contributed by atoms with Crippen LogP contribution in [0, 0.1) is 0 Å². The van der Waals surface area contributed by atoms with E-state index in [1.807, 2.05) is 37.3 Å². The molecular formula is C27H43NO2. The molecule has 0 aliphatic carbocycles. The van der Waals surface area contributed by atoms with Gasteiger partial charge in [-0.05, 0) is 32.1 Å². The van der Waals surface area contributed by atoms with Crippen molar-refractivity contribution in [3.63, 3.8) is 0 Å². The van der Waals surface area contributed by atoms with Crippen molar-refractivity contribution in [2.45, 2.75) is 84.2 Å². The Morgan fingerprint density at radius 3 is 1.87 bits per heavy atom. The molecule has 168 valence electrons. The molecule has 1 amide bonds. The zero-order valence-corrected chi connectivity index (χ0v) is 19.4. The second kappa shape index (κ2) is 20.2. The molecule has 0 aliphatic heterocycles. The molecule has 0 spiro atoms. The normalized spacial score (nSPS) is 14.9. The van der Waals surface area contributed by atoms with E-state index in [0.29, 0.717) is 13.0 Å². The molecule has 0 bridgehead atoms. The fourth-order valence-corrected chi connectivity index (χ4v) is 2.64. The van der Waals surface area contributed by atoms with Gasteiger partial charge in [0.25, 0.3) is 0 Å². The maximum absolute atomic E-state index is 11.9. The summed E-state index contributed by atoms with van der Waals surface area (Å²) in [5.74, 6) is -0.165. The first-order chi connectivity index (χ1) is 14.6. The molecule has 0 radical (unpaired) electrons. The van der Waals surface area contributed by atoms with Gasteiger partial charge in [-0.25, -0.2) is 0 Å². The number of amides is 1. The van der Waals surface area contributed by atoms with Crippen LogP contribution in [0.15, 0.2) is 72.9 Å². The highest BCUT2D eigenvalue weighted by molar-refractivity contribution is 5.87. The van der Waals surface area contributed by atoms with E-state index in [4.69, 9.17) is 0 Å². The summed E-state index contributed by atoms with van der Waals surface area (Å²) in [5.41, 5.74) is -0.794. The molecule has 2 N–H and O–H groups in total. The van der Waals surface area contributed by atoms with Crippen LogP contribution in [-0.2, 0) is 4.79 Å². The third-order valence-electron chi connectivity index (χ3n) is 4.79. The number of rotatable bonds is 17. The summed E-state index contributed by atoms with van der Waals surface area (Å²) in [4.78, 5) is 11.9. The van der Waals surface area contributed by atoms with Crippen molar-refractivity contribution in [2.24, 2.45) is 0 Å². The highest BCUT2D eigenvalue weighted by atomic mass is 16.3. The Labute approximate surface area is 185 Å². The molecule has 0 aromatic carbocycles. The lowest BCUT2D eigenvalue weighted by atomic mass is 9.94. The number of carbonyl (C=O) groups excluding carboxylic acids is 1. The van der Waals surface area contributed by atoms with E-state index in [1.54, 1.807) is 6.08 Å². The van der Waals surface area contributed by atoms with Crippen LogP contribution in [0.25, 0.3) is 0 Å². The van der Waals surface area contributed by atoms with Crippen LogP contribution in [0.5, 0.6) is 0 Å². The van der Waals surface area contributed by atoms with Crippen molar-refractivity contribution in [1.82, 2.24) is 5.32 Å². The molecule has 3 nitrogen and oxygen atoms in total. The first kappa shape index (κ1) is 27.9. The van der Waals surface area contributed by atoms with Gasteiger partial charge in [-0.2, -0.15) is 0 Å². The van der Waals surface area contributed by atoms with Crippen molar-refractivity contribution in [3.05, 3.63) is 72.9 Å². The SMILES string of the molecule is CCCCC=CC=CC=CC=CCCC=CC=CC(=O)NCC(O)(CC)CCCC. The highest BCUT2D eigenvalue weighted by Crippen LogP contribution is 2.17. The van der Waals surface area contributed by atoms with Crippen LogP contribution in [0.2, 0.25) is 0 Å². The molecular weight excluding hydrogens is 370 g/mol. The number of unbranched alkanes of at least 4 members (excludes halogenated alkanes) is 4. The van der Waals surface area contributed by atoms with Gasteiger partial charge in [-0.3, -0.25) is 4.79 Å². The number of aliphatic hydroxyl groups is 1. The molecule has 0 saturated heterocycles. The maximum Gasteiger partial charge on any atom is 0.244 e. The van der Waals surface area contributed by atoms with Crippen LogP contribution in [0.3, 0.4) is 0 Å². The van der Waals surface area contributed by atoms with Crippen molar-refractivity contribution in [2.75, 3.05) is 6.54 Å². The van der Waals surface area contributed by atoms with Crippen LogP contribution < -0.4 is 5.32 Å². The Bertz CT molecular complexity index is 596. The van der Waals surface area contributed by atoms with Gasteiger partial charge >= 0.3 is 0 Å². The number of carbonyl (C=O) groups is 1. The summed E-state index contributed by atoms with van der Waals surface area (Å²) in [6.07, 6.45) is 32.7. The molecule has 0 aliphatic rings. The van der Waals surface area contributed by atoms with E-state index >= 15 is 0 Å². The molecule has 0 fully saturated rings. The Kier molecular flexibility index (Phi) is 18.7. The summed E-state index contributed by atoms with van der Waals surface area (Å²) in [5, 5.41) is 13.2. The van der Waals surface area contributed by atoms with E-state index < -0.39 is 5.60 Å². The Morgan fingerprint density at radius 1 is 0.767 bits per heavy atom. The monoisotopic (exact) mass is 413 g/mol.